The molecule has 1 atom stereocenters. The van der Waals surface area contributed by atoms with Gasteiger partial charge in [0, 0.05) is 12.8 Å². The van der Waals surface area contributed by atoms with E-state index in [0.29, 0.717) is 0 Å². The maximum atomic E-state index is 11.5. The molecule has 0 heterocycles. The van der Waals surface area contributed by atoms with Gasteiger partial charge in [0.1, 0.15) is 11.6 Å². The Labute approximate surface area is 94.8 Å². The van der Waals surface area contributed by atoms with Crippen LogP contribution in [0.25, 0.3) is 0 Å². The van der Waals surface area contributed by atoms with Crippen LogP contribution in [0.4, 0.5) is 4.79 Å². The van der Waals surface area contributed by atoms with Gasteiger partial charge in [-0.1, -0.05) is 0 Å². The summed E-state index contributed by atoms with van der Waals surface area (Å²) in [6.07, 6.45) is -0.663. The second-order valence-corrected chi connectivity index (χ2v) is 4.49. The number of hydrogen-bond acceptors (Lipinski definition) is 4. The van der Waals surface area contributed by atoms with Gasteiger partial charge >= 0.3 is 12.1 Å². The molecule has 0 spiro atoms. The standard InChI is InChI=1S/C9H17NO4S/c1-9(2,3)14-8(13)10(4)6(5-15)7(11)12/h6,15H,5H2,1-4H3,(H,11,12)/t6-/m1/s1. The van der Waals surface area contributed by atoms with E-state index in [1.165, 1.54) is 7.05 Å². The number of hydrogen-bond donors (Lipinski definition) is 2. The van der Waals surface area contributed by atoms with E-state index in [-0.39, 0.29) is 5.75 Å². The van der Waals surface area contributed by atoms with Crippen LogP contribution in [0.15, 0.2) is 0 Å². The minimum absolute atomic E-state index is 0.0467. The van der Waals surface area contributed by atoms with Crippen LogP contribution in [0.3, 0.4) is 0 Å². The molecule has 1 N–H and O–H groups in total. The minimum Gasteiger partial charge on any atom is -0.480 e. The number of ether oxygens (including phenoxy) is 1. The summed E-state index contributed by atoms with van der Waals surface area (Å²) < 4.78 is 5.02. The summed E-state index contributed by atoms with van der Waals surface area (Å²) >= 11 is 3.87. The summed E-state index contributed by atoms with van der Waals surface area (Å²) in [6.45, 7) is 5.15. The molecule has 0 saturated heterocycles. The van der Waals surface area contributed by atoms with Crippen molar-refractivity contribution in [3.8, 4) is 0 Å². The van der Waals surface area contributed by atoms with Gasteiger partial charge in [0.15, 0.2) is 0 Å². The van der Waals surface area contributed by atoms with Gasteiger partial charge in [0.05, 0.1) is 0 Å². The third-order valence-corrected chi connectivity index (χ3v) is 1.95. The Balaban J connectivity index is 4.49. The van der Waals surface area contributed by atoms with E-state index in [9.17, 15) is 9.59 Å². The number of carbonyl (C=O) groups excluding carboxylic acids is 1. The van der Waals surface area contributed by atoms with E-state index in [2.05, 4.69) is 12.6 Å². The van der Waals surface area contributed by atoms with Crippen LogP contribution in [-0.4, -0.2) is 46.5 Å². The SMILES string of the molecule is CN(C(=O)OC(C)(C)C)[C@H](CS)C(=O)O. The first-order valence-electron chi connectivity index (χ1n) is 4.48. The molecule has 5 nitrogen and oxygen atoms in total. The van der Waals surface area contributed by atoms with Crippen molar-refractivity contribution in [1.82, 2.24) is 4.90 Å². The number of amides is 1. The molecular formula is C9H17NO4S. The maximum absolute atomic E-state index is 11.5. The topological polar surface area (TPSA) is 66.8 Å². The van der Waals surface area contributed by atoms with Gasteiger partial charge in [-0.2, -0.15) is 12.6 Å². The molecule has 0 aromatic carbocycles. The number of aliphatic carboxylic acids is 1. The van der Waals surface area contributed by atoms with E-state index in [1.54, 1.807) is 20.8 Å². The summed E-state index contributed by atoms with van der Waals surface area (Å²) in [5.74, 6) is -1.05. The fourth-order valence-electron chi connectivity index (χ4n) is 0.827. The van der Waals surface area contributed by atoms with Crippen LogP contribution in [0.2, 0.25) is 0 Å². The molecule has 0 aliphatic rings. The fourth-order valence-corrected chi connectivity index (χ4v) is 1.23. The summed E-state index contributed by atoms with van der Waals surface area (Å²) in [5, 5.41) is 8.79. The minimum atomic E-state index is -1.10. The van der Waals surface area contributed by atoms with Crippen molar-refractivity contribution >= 4 is 24.7 Å². The normalized spacial score (nSPS) is 13.1. The van der Waals surface area contributed by atoms with E-state index in [1.807, 2.05) is 0 Å². The lowest BCUT2D eigenvalue weighted by Gasteiger charge is -2.27. The Morgan fingerprint density at radius 1 is 1.47 bits per heavy atom. The van der Waals surface area contributed by atoms with Crippen LogP contribution in [0.5, 0.6) is 0 Å². The highest BCUT2D eigenvalue weighted by Gasteiger charge is 2.28. The molecule has 88 valence electrons. The second-order valence-electron chi connectivity index (χ2n) is 4.13. The molecule has 6 heteroatoms. The predicted octanol–water partition coefficient (Wildman–Crippen LogP) is 1.24. The molecule has 0 saturated carbocycles. The number of rotatable bonds is 3. The first-order chi connectivity index (χ1) is 6.69. The van der Waals surface area contributed by atoms with Gasteiger partial charge in [0.2, 0.25) is 0 Å². The molecule has 0 radical (unpaired) electrons. The Morgan fingerprint density at radius 3 is 2.20 bits per heavy atom. The van der Waals surface area contributed by atoms with Gasteiger partial charge in [-0.25, -0.2) is 9.59 Å². The Hall–Kier alpha value is -0.910. The molecular weight excluding hydrogens is 218 g/mol. The van der Waals surface area contributed by atoms with Crippen LogP contribution in [-0.2, 0) is 9.53 Å². The van der Waals surface area contributed by atoms with Crippen molar-refractivity contribution in [2.24, 2.45) is 0 Å². The molecule has 0 bridgehead atoms. The lowest BCUT2D eigenvalue weighted by Crippen LogP contribution is -2.45. The molecule has 0 rings (SSSR count). The highest BCUT2D eigenvalue weighted by atomic mass is 32.1. The molecule has 0 aliphatic carbocycles. The fraction of sp³-hybridized carbons (Fsp3) is 0.778. The first kappa shape index (κ1) is 14.1. The number of carboxylic acid groups (broad SMARTS) is 1. The average molecular weight is 235 g/mol. The molecule has 1 amide bonds. The molecule has 0 unspecified atom stereocenters. The largest absolute Gasteiger partial charge is 0.480 e. The van der Waals surface area contributed by atoms with E-state index in [4.69, 9.17) is 9.84 Å². The molecule has 15 heavy (non-hydrogen) atoms. The number of nitrogens with zero attached hydrogens (tertiary/aromatic N) is 1. The second kappa shape index (κ2) is 5.25. The van der Waals surface area contributed by atoms with Crippen molar-refractivity contribution in [2.45, 2.75) is 32.4 Å². The van der Waals surface area contributed by atoms with Gasteiger partial charge in [-0.3, -0.25) is 4.90 Å². The monoisotopic (exact) mass is 235 g/mol. The van der Waals surface area contributed by atoms with Gasteiger partial charge in [-0.05, 0) is 20.8 Å². The highest BCUT2D eigenvalue weighted by Crippen LogP contribution is 2.11. The molecule has 0 aromatic rings. The summed E-state index contributed by atoms with van der Waals surface area (Å²) in [6, 6.07) is -0.969. The van der Waals surface area contributed by atoms with Crippen LogP contribution in [0.1, 0.15) is 20.8 Å². The van der Waals surface area contributed by atoms with Crippen molar-refractivity contribution < 1.29 is 19.4 Å². The van der Waals surface area contributed by atoms with Crippen molar-refractivity contribution in [1.29, 1.82) is 0 Å². The highest BCUT2D eigenvalue weighted by molar-refractivity contribution is 7.80. The summed E-state index contributed by atoms with van der Waals surface area (Å²) in [7, 11) is 1.38. The summed E-state index contributed by atoms with van der Waals surface area (Å²) in [5.41, 5.74) is -0.634. The lowest BCUT2D eigenvalue weighted by molar-refractivity contribution is -0.141. The van der Waals surface area contributed by atoms with E-state index in [0.717, 1.165) is 4.90 Å². The van der Waals surface area contributed by atoms with Gasteiger partial charge in [0.25, 0.3) is 0 Å². The number of carboxylic acids is 1. The Morgan fingerprint density at radius 2 is 1.93 bits per heavy atom. The molecule has 0 aliphatic heterocycles. The number of likely N-dealkylation sites (N-methyl/N-ethyl adjacent to an activating group) is 1. The van der Waals surface area contributed by atoms with Gasteiger partial charge < -0.3 is 9.84 Å². The molecule has 0 aromatic heterocycles. The van der Waals surface area contributed by atoms with Crippen LogP contribution >= 0.6 is 12.6 Å². The predicted molar refractivity (Wildman–Crippen MR) is 59.3 cm³/mol. The zero-order valence-corrected chi connectivity index (χ0v) is 10.2. The zero-order valence-electron chi connectivity index (χ0n) is 9.35. The van der Waals surface area contributed by atoms with Crippen molar-refractivity contribution in [3.05, 3.63) is 0 Å². The number of carbonyl (C=O) groups is 2. The average Bonchev–Trinajstić information content (AvgIpc) is 2.01. The Bertz CT molecular complexity index is 249. The number of thiol groups is 1. The van der Waals surface area contributed by atoms with Crippen LogP contribution < -0.4 is 0 Å². The smallest absolute Gasteiger partial charge is 0.410 e. The molecule has 0 fully saturated rings. The van der Waals surface area contributed by atoms with Crippen molar-refractivity contribution in [2.75, 3.05) is 12.8 Å². The third kappa shape index (κ3) is 4.92. The van der Waals surface area contributed by atoms with Crippen molar-refractivity contribution in [3.63, 3.8) is 0 Å². The van der Waals surface area contributed by atoms with Gasteiger partial charge in [-0.15, -0.1) is 0 Å². The maximum Gasteiger partial charge on any atom is 0.410 e. The summed E-state index contributed by atoms with van der Waals surface area (Å²) in [4.78, 5) is 23.2. The zero-order chi connectivity index (χ0) is 12.2. The quantitative estimate of drug-likeness (QED) is 0.722. The lowest BCUT2D eigenvalue weighted by atomic mass is 10.2. The van der Waals surface area contributed by atoms with Crippen LogP contribution in [0, 0.1) is 0 Å². The Kier molecular flexibility index (Phi) is 4.93. The third-order valence-electron chi connectivity index (χ3n) is 1.61. The first-order valence-corrected chi connectivity index (χ1v) is 5.11. The van der Waals surface area contributed by atoms with E-state index < -0.39 is 23.7 Å². The van der Waals surface area contributed by atoms with E-state index >= 15 is 0 Å².